The van der Waals surface area contributed by atoms with Gasteiger partial charge in [0, 0.05) is 19.3 Å². The zero-order chi connectivity index (χ0) is 16.8. The van der Waals surface area contributed by atoms with Gasteiger partial charge in [0.05, 0.1) is 19.3 Å². The fraction of sp³-hybridized carbons (Fsp3) is 0.278. The van der Waals surface area contributed by atoms with Gasteiger partial charge in [0.25, 0.3) is 0 Å². The fourth-order valence-electron chi connectivity index (χ4n) is 2.47. The molecule has 0 saturated carbocycles. The largest absolute Gasteiger partial charge is 0.497 e. The molecule has 0 aliphatic rings. The first-order valence-electron chi connectivity index (χ1n) is 7.77. The first-order chi connectivity index (χ1) is 11.7. The Morgan fingerprint density at radius 1 is 1.00 bits per heavy atom. The van der Waals surface area contributed by atoms with Crippen molar-refractivity contribution in [2.75, 3.05) is 7.11 Å². The standard InChI is InChI=1S/C18H20N4OS/c1-14-20-21-18(24-14)13-22(12-16-5-3-4-10-19-16)11-15-6-8-17(23-2)9-7-15/h3-10H,11-13H2,1-2H3. The highest BCUT2D eigenvalue weighted by Crippen LogP contribution is 2.17. The molecule has 6 heteroatoms. The Morgan fingerprint density at radius 3 is 2.46 bits per heavy atom. The number of methoxy groups -OCH3 is 1. The van der Waals surface area contributed by atoms with Crippen molar-refractivity contribution in [3.63, 3.8) is 0 Å². The van der Waals surface area contributed by atoms with Gasteiger partial charge in [-0.3, -0.25) is 9.88 Å². The number of aryl methyl sites for hydroxylation is 1. The van der Waals surface area contributed by atoms with Crippen molar-refractivity contribution in [3.8, 4) is 5.75 Å². The summed E-state index contributed by atoms with van der Waals surface area (Å²) in [7, 11) is 1.68. The monoisotopic (exact) mass is 340 g/mol. The predicted molar refractivity (Wildman–Crippen MR) is 94.8 cm³/mol. The van der Waals surface area contributed by atoms with Gasteiger partial charge < -0.3 is 4.74 Å². The first-order valence-corrected chi connectivity index (χ1v) is 8.59. The van der Waals surface area contributed by atoms with Crippen LogP contribution in [0.15, 0.2) is 48.7 Å². The maximum absolute atomic E-state index is 5.23. The summed E-state index contributed by atoms with van der Waals surface area (Å²) in [6, 6.07) is 14.2. The number of benzene rings is 1. The van der Waals surface area contributed by atoms with Gasteiger partial charge in [-0.15, -0.1) is 21.5 Å². The van der Waals surface area contributed by atoms with Gasteiger partial charge in [0.15, 0.2) is 0 Å². The molecular formula is C18H20N4OS. The number of rotatable bonds is 7. The van der Waals surface area contributed by atoms with Crippen LogP contribution in [-0.2, 0) is 19.6 Å². The topological polar surface area (TPSA) is 51.1 Å². The molecule has 0 aliphatic carbocycles. The average molecular weight is 340 g/mol. The van der Waals surface area contributed by atoms with Crippen LogP contribution in [-0.4, -0.2) is 27.2 Å². The molecule has 2 aromatic heterocycles. The quantitative estimate of drug-likeness (QED) is 0.659. The van der Waals surface area contributed by atoms with E-state index in [2.05, 4.69) is 32.2 Å². The zero-order valence-electron chi connectivity index (χ0n) is 13.8. The molecule has 0 radical (unpaired) electrons. The lowest BCUT2D eigenvalue weighted by Gasteiger charge is -2.21. The Morgan fingerprint density at radius 2 is 1.83 bits per heavy atom. The van der Waals surface area contributed by atoms with Gasteiger partial charge in [-0.25, -0.2) is 0 Å². The summed E-state index contributed by atoms with van der Waals surface area (Å²) >= 11 is 1.64. The van der Waals surface area contributed by atoms with Gasteiger partial charge in [-0.1, -0.05) is 18.2 Å². The van der Waals surface area contributed by atoms with Crippen molar-refractivity contribution in [2.24, 2.45) is 0 Å². The third-order valence-electron chi connectivity index (χ3n) is 3.60. The Hall–Kier alpha value is -2.31. The molecule has 24 heavy (non-hydrogen) atoms. The highest BCUT2D eigenvalue weighted by molar-refractivity contribution is 7.11. The van der Waals surface area contributed by atoms with Crippen molar-refractivity contribution in [3.05, 3.63) is 69.9 Å². The summed E-state index contributed by atoms with van der Waals surface area (Å²) < 4.78 is 5.23. The lowest BCUT2D eigenvalue weighted by Crippen LogP contribution is -2.22. The summed E-state index contributed by atoms with van der Waals surface area (Å²) in [5.41, 5.74) is 2.28. The molecule has 2 heterocycles. The highest BCUT2D eigenvalue weighted by Gasteiger charge is 2.12. The molecule has 0 bridgehead atoms. The Bertz CT molecular complexity index is 758. The number of aromatic nitrogens is 3. The van der Waals surface area contributed by atoms with E-state index in [0.29, 0.717) is 0 Å². The van der Waals surface area contributed by atoms with Crippen molar-refractivity contribution in [2.45, 2.75) is 26.6 Å². The van der Waals surface area contributed by atoms with Gasteiger partial charge in [-0.05, 0) is 36.8 Å². The van der Waals surface area contributed by atoms with Crippen LogP contribution in [0.5, 0.6) is 5.75 Å². The van der Waals surface area contributed by atoms with Crippen LogP contribution in [0.2, 0.25) is 0 Å². The van der Waals surface area contributed by atoms with Crippen molar-refractivity contribution in [1.29, 1.82) is 0 Å². The molecule has 5 nitrogen and oxygen atoms in total. The van der Waals surface area contributed by atoms with Crippen molar-refractivity contribution in [1.82, 2.24) is 20.1 Å². The molecule has 124 valence electrons. The molecule has 0 amide bonds. The minimum Gasteiger partial charge on any atom is -0.497 e. The van der Waals surface area contributed by atoms with Gasteiger partial charge in [0.1, 0.15) is 15.8 Å². The SMILES string of the molecule is COc1ccc(CN(Cc2ccccn2)Cc2nnc(C)s2)cc1. The van der Waals surface area contributed by atoms with E-state index in [1.54, 1.807) is 18.4 Å². The molecular weight excluding hydrogens is 320 g/mol. The van der Waals surface area contributed by atoms with E-state index >= 15 is 0 Å². The van der Waals surface area contributed by atoms with Gasteiger partial charge >= 0.3 is 0 Å². The second kappa shape index (κ2) is 7.99. The molecule has 0 spiro atoms. The number of hydrogen-bond donors (Lipinski definition) is 0. The number of ether oxygens (including phenoxy) is 1. The van der Waals surface area contributed by atoms with E-state index in [4.69, 9.17) is 4.74 Å². The lowest BCUT2D eigenvalue weighted by atomic mass is 10.2. The minimum absolute atomic E-state index is 0.758. The van der Waals surface area contributed by atoms with Crippen LogP contribution in [0, 0.1) is 6.92 Å². The van der Waals surface area contributed by atoms with Crippen LogP contribution >= 0.6 is 11.3 Å². The molecule has 0 unspecified atom stereocenters. The molecule has 0 fully saturated rings. The summed E-state index contributed by atoms with van der Waals surface area (Å²) in [5, 5.41) is 10.4. The fourth-order valence-corrected chi connectivity index (χ4v) is 3.22. The number of pyridine rings is 1. The van der Waals surface area contributed by atoms with E-state index < -0.39 is 0 Å². The van der Waals surface area contributed by atoms with Crippen LogP contribution in [0.3, 0.4) is 0 Å². The number of hydrogen-bond acceptors (Lipinski definition) is 6. The van der Waals surface area contributed by atoms with Gasteiger partial charge in [0.2, 0.25) is 0 Å². The molecule has 1 aromatic carbocycles. The zero-order valence-corrected chi connectivity index (χ0v) is 14.7. The third kappa shape index (κ3) is 4.59. The van der Waals surface area contributed by atoms with Gasteiger partial charge in [-0.2, -0.15) is 0 Å². The Balaban J connectivity index is 1.74. The van der Waals surface area contributed by atoms with E-state index in [1.165, 1.54) is 5.56 Å². The first kappa shape index (κ1) is 16.5. The van der Waals surface area contributed by atoms with E-state index in [9.17, 15) is 0 Å². The van der Waals surface area contributed by atoms with Crippen LogP contribution < -0.4 is 4.74 Å². The summed E-state index contributed by atoms with van der Waals surface area (Å²) in [6.07, 6.45) is 1.83. The second-order valence-electron chi connectivity index (χ2n) is 5.53. The van der Waals surface area contributed by atoms with Crippen molar-refractivity contribution < 1.29 is 4.74 Å². The van der Waals surface area contributed by atoms with Crippen LogP contribution in [0.1, 0.15) is 21.3 Å². The van der Waals surface area contributed by atoms with Crippen LogP contribution in [0.4, 0.5) is 0 Å². The Kier molecular flexibility index (Phi) is 5.51. The highest BCUT2D eigenvalue weighted by atomic mass is 32.1. The predicted octanol–water partition coefficient (Wildman–Crippen LogP) is 3.45. The Labute approximate surface area is 146 Å². The maximum atomic E-state index is 5.23. The smallest absolute Gasteiger partial charge is 0.131 e. The van der Waals surface area contributed by atoms with Crippen molar-refractivity contribution >= 4 is 11.3 Å². The molecule has 0 atom stereocenters. The maximum Gasteiger partial charge on any atom is 0.131 e. The molecule has 3 rings (SSSR count). The second-order valence-corrected chi connectivity index (χ2v) is 6.80. The molecule has 3 aromatic rings. The molecule has 0 aliphatic heterocycles. The minimum atomic E-state index is 0.758. The van der Waals surface area contributed by atoms with E-state index in [0.717, 1.165) is 41.1 Å². The average Bonchev–Trinajstić information content (AvgIpc) is 3.01. The summed E-state index contributed by atoms with van der Waals surface area (Å²) in [5.74, 6) is 0.870. The normalized spacial score (nSPS) is 11.0. The third-order valence-corrected chi connectivity index (χ3v) is 4.43. The van der Waals surface area contributed by atoms with Crippen LogP contribution in [0.25, 0.3) is 0 Å². The number of nitrogens with zero attached hydrogens (tertiary/aromatic N) is 4. The summed E-state index contributed by atoms with van der Waals surface area (Å²) in [4.78, 5) is 6.76. The summed E-state index contributed by atoms with van der Waals surface area (Å²) in [6.45, 7) is 4.33. The van der Waals surface area contributed by atoms with E-state index in [1.807, 2.05) is 43.5 Å². The molecule has 0 N–H and O–H groups in total. The molecule has 0 saturated heterocycles. The lowest BCUT2D eigenvalue weighted by molar-refractivity contribution is 0.243. The van der Waals surface area contributed by atoms with E-state index in [-0.39, 0.29) is 0 Å².